The van der Waals surface area contributed by atoms with Crippen molar-refractivity contribution in [2.75, 3.05) is 0 Å². The molecule has 0 aliphatic heterocycles. The van der Waals surface area contributed by atoms with Gasteiger partial charge in [-0.25, -0.2) is 4.39 Å². The summed E-state index contributed by atoms with van der Waals surface area (Å²) < 4.78 is 92.1. The summed E-state index contributed by atoms with van der Waals surface area (Å²) in [5.41, 5.74) is 0. The van der Waals surface area contributed by atoms with Crippen molar-refractivity contribution in [2.45, 2.75) is 18.0 Å². The van der Waals surface area contributed by atoms with E-state index in [1.807, 2.05) is 0 Å². The highest BCUT2D eigenvalue weighted by Crippen LogP contribution is 2.51. The van der Waals surface area contributed by atoms with Crippen molar-refractivity contribution in [2.24, 2.45) is 0 Å². The summed E-state index contributed by atoms with van der Waals surface area (Å²) >= 11 is 1.58. The fraction of sp³-hybridized carbons (Fsp3) is 0.600. The molecular weight excluding hydrogens is 292 g/mol. The molecule has 14 heavy (non-hydrogen) atoms. The Labute approximate surface area is 80.7 Å². The van der Waals surface area contributed by atoms with Gasteiger partial charge in [-0.3, -0.25) is 0 Å². The van der Waals surface area contributed by atoms with E-state index < -0.39 is 28.8 Å². The topological polar surface area (TPSA) is 0 Å². The molecule has 0 rings (SSSR count). The van der Waals surface area contributed by atoms with E-state index in [1.165, 1.54) is 0 Å². The molecule has 0 amide bonds. The molecule has 0 bridgehead atoms. The zero-order chi connectivity index (χ0) is 11.8. The van der Waals surface area contributed by atoms with Gasteiger partial charge >= 0.3 is 18.0 Å². The van der Waals surface area contributed by atoms with Gasteiger partial charge in [0.1, 0.15) is 6.33 Å². The van der Waals surface area contributed by atoms with Crippen LogP contribution >= 0.6 is 15.9 Å². The summed E-state index contributed by atoms with van der Waals surface area (Å²) in [6.45, 7) is 0. The minimum absolute atomic E-state index is 1.07. The summed E-state index contributed by atoms with van der Waals surface area (Å²) in [6.07, 6.45) is -7.53. The molecule has 84 valence electrons. The van der Waals surface area contributed by atoms with E-state index in [2.05, 4.69) is 0 Å². The lowest BCUT2D eigenvalue weighted by atomic mass is 10.1. The van der Waals surface area contributed by atoms with E-state index in [0.717, 1.165) is 0 Å². The lowest BCUT2D eigenvalue weighted by Gasteiger charge is -2.27. The normalized spacial score (nSPS) is 15.9. The summed E-state index contributed by atoms with van der Waals surface area (Å²) in [5, 5.41) is 0. The van der Waals surface area contributed by atoms with Crippen molar-refractivity contribution in [3.8, 4) is 0 Å². The maximum absolute atomic E-state index is 12.3. The average Bonchev–Trinajstić information content (AvgIpc) is 2.00. The van der Waals surface area contributed by atoms with Gasteiger partial charge in [0, 0.05) is 0 Å². The first-order chi connectivity index (χ1) is 5.98. The Morgan fingerprint density at radius 1 is 0.929 bits per heavy atom. The van der Waals surface area contributed by atoms with Gasteiger partial charge in [-0.2, -0.15) is 30.7 Å². The second-order valence-electron chi connectivity index (χ2n) is 2.10. The Kier molecular flexibility index (Phi) is 3.58. The molecule has 0 fully saturated rings. The van der Waals surface area contributed by atoms with Crippen molar-refractivity contribution in [3.05, 3.63) is 10.8 Å². The van der Waals surface area contributed by atoms with Crippen molar-refractivity contribution >= 4 is 15.9 Å². The minimum Gasteiger partial charge on any atom is -0.214 e. The molecule has 0 heterocycles. The fourth-order valence-electron chi connectivity index (χ4n) is 0.397. The third-order valence-corrected chi connectivity index (χ3v) is 1.82. The van der Waals surface area contributed by atoms with Gasteiger partial charge in [0.2, 0.25) is 0 Å². The monoisotopic (exact) mass is 292 g/mol. The molecule has 0 nitrogen and oxygen atoms in total. The second kappa shape index (κ2) is 3.67. The maximum atomic E-state index is 12.3. The predicted molar refractivity (Wildman–Crippen MR) is 34.1 cm³/mol. The zero-order valence-corrected chi connectivity index (χ0v) is 7.57. The largest absolute Gasteiger partial charge is 0.460 e. The Hall–Kier alpha value is -0.340. The van der Waals surface area contributed by atoms with Crippen molar-refractivity contribution in [1.29, 1.82) is 0 Å². The average molecular weight is 293 g/mol. The van der Waals surface area contributed by atoms with Crippen LogP contribution < -0.4 is 0 Å². The van der Waals surface area contributed by atoms with Crippen LogP contribution in [0.3, 0.4) is 0 Å². The quantitative estimate of drug-likeness (QED) is 0.674. The van der Waals surface area contributed by atoms with Gasteiger partial charge in [0.05, 0.1) is 4.48 Å². The van der Waals surface area contributed by atoms with Crippen LogP contribution in [-0.2, 0) is 0 Å². The third-order valence-electron chi connectivity index (χ3n) is 1.15. The van der Waals surface area contributed by atoms with E-state index in [4.69, 9.17) is 0 Å². The molecule has 0 aliphatic carbocycles. The first-order valence-electron chi connectivity index (χ1n) is 2.77. The molecule has 0 aliphatic rings. The summed E-state index contributed by atoms with van der Waals surface area (Å²) in [5.74, 6) is -12.0. The van der Waals surface area contributed by atoms with Gasteiger partial charge < -0.3 is 0 Å². The van der Waals surface area contributed by atoms with Crippen LogP contribution in [0.25, 0.3) is 0 Å². The van der Waals surface area contributed by atoms with Crippen molar-refractivity contribution in [1.82, 2.24) is 0 Å². The molecular formula is C5HBrF8. The third kappa shape index (κ3) is 2.01. The fourth-order valence-corrected chi connectivity index (χ4v) is 0.645. The van der Waals surface area contributed by atoms with Gasteiger partial charge in [-0.05, 0) is 15.9 Å². The van der Waals surface area contributed by atoms with E-state index in [-0.39, 0.29) is 0 Å². The first kappa shape index (κ1) is 13.7. The van der Waals surface area contributed by atoms with Gasteiger partial charge in [0.15, 0.2) is 0 Å². The lowest BCUT2D eigenvalue weighted by Crippen LogP contribution is -2.52. The standard InChI is InChI=1S/C5HBrF8/c6-2(1-7)3(8,9)4(10,11)5(12,13)14/h1H/b2-1+. The highest BCUT2D eigenvalue weighted by atomic mass is 79.9. The Morgan fingerprint density at radius 2 is 1.29 bits per heavy atom. The van der Waals surface area contributed by atoms with E-state index >= 15 is 0 Å². The second-order valence-corrected chi connectivity index (χ2v) is 2.96. The number of rotatable bonds is 2. The molecule has 0 aromatic heterocycles. The molecule has 0 unspecified atom stereocenters. The molecule has 0 saturated heterocycles. The molecule has 0 radical (unpaired) electrons. The maximum Gasteiger partial charge on any atom is 0.460 e. The molecule has 0 saturated carbocycles. The molecule has 9 heteroatoms. The van der Waals surface area contributed by atoms with Gasteiger partial charge in [0.25, 0.3) is 0 Å². The lowest BCUT2D eigenvalue weighted by molar-refractivity contribution is -0.342. The molecule has 0 spiro atoms. The summed E-state index contributed by atoms with van der Waals surface area (Å²) in [4.78, 5) is 0. The Bertz CT molecular complexity index is 239. The highest BCUT2D eigenvalue weighted by Gasteiger charge is 2.74. The van der Waals surface area contributed by atoms with Crippen LogP contribution in [0.15, 0.2) is 10.8 Å². The van der Waals surface area contributed by atoms with Crippen LogP contribution in [0, 0.1) is 0 Å². The minimum atomic E-state index is -6.46. The Morgan fingerprint density at radius 3 is 1.50 bits per heavy atom. The van der Waals surface area contributed by atoms with Crippen molar-refractivity contribution in [3.63, 3.8) is 0 Å². The molecule has 0 aromatic carbocycles. The number of hydrogen-bond acceptors (Lipinski definition) is 0. The van der Waals surface area contributed by atoms with Crippen LogP contribution in [0.1, 0.15) is 0 Å². The van der Waals surface area contributed by atoms with Gasteiger partial charge in [-0.1, -0.05) is 0 Å². The van der Waals surface area contributed by atoms with E-state index in [1.54, 1.807) is 15.9 Å². The van der Waals surface area contributed by atoms with Crippen molar-refractivity contribution < 1.29 is 35.1 Å². The van der Waals surface area contributed by atoms with Crippen LogP contribution in [0.4, 0.5) is 35.1 Å². The Balaban J connectivity index is 5.29. The number of alkyl halides is 7. The van der Waals surface area contributed by atoms with E-state index in [0.29, 0.717) is 0 Å². The molecule has 0 N–H and O–H groups in total. The SMILES string of the molecule is F/C=C(/Br)C(F)(F)C(F)(F)C(F)(F)F. The number of halogens is 9. The number of allylic oxidation sites excluding steroid dienone is 1. The van der Waals surface area contributed by atoms with Crippen LogP contribution in [0.5, 0.6) is 0 Å². The van der Waals surface area contributed by atoms with Crippen LogP contribution in [-0.4, -0.2) is 18.0 Å². The summed E-state index contributed by atoms with van der Waals surface area (Å²) in [7, 11) is 0. The molecule has 0 aromatic rings. The van der Waals surface area contributed by atoms with E-state index in [9.17, 15) is 35.1 Å². The van der Waals surface area contributed by atoms with Gasteiger partial charge in [-0.15, -0.1) is 0 Å². The highest BCUT2D eigenvalue weighted by molar-refractivity contribution is 9.11. The van der Waals surface area contributed by atoms with Crippen LogP contribution in [0.2, 0.25) is 0 Å². The first-order valence-corrected chi connectivity index (χ1v) is 3.56. The molecule has 0 atom stereocenters. The zero-order valence-electron chi connectivity index (χ0n) is 5.98. The smallest absolute Gasteiger partial charge is 0.214 e. The number of hydrogen-bond donors (Lipinski definition) is 0. The summed E-state index contributed by atoms with van der Waals surface area (Å²) in [6, 6.07) is 0. The predicted octanol–water partition coefficient (Wildman–Crippen LogP) is 4.03.